The van der Waals surface area contributed by atoms with Crippen LogP contribution in [0.15, 0.2) is 0 Å². The minimum atomic E-state index is -0.212. The molecule has 0 saturated heterocycles. The van der Waals surface area contributed by atoms with Crippen molar-refractivity contribution >= 4 is 11.3 Å². The molecule has 3 heteroatoms. The fraction of sp³-hybridized carbons (Fsp3) is 0.750. The molecule has 0 spiro atoms. The smallest absolute Gasteiger partial charge is 0.113 e. The van der Waals surface area contributed by atoms with Crippen LogP contribution in [0, 0.1) is 0 Å². The van der Waals surface area contributed by atoms with E-state index in [1.165, 1.54) is 29.8 Å². The second-order valence-electron chi connectivity index (χ2n) is 4.76. The number of thiazole rings is 1. The van der Waals surface area contributed by atoms with Crippen molar-refractivity contribution in [2.45, 2.75) is 57.9 Å². The zero-order chi connectivity index (χ0) is 10.9. The van der Waals surface area contributed by atoms with Gasteiger partial charge in [-0.2, -0.15) is 0 Å². The van der Waals surface area contributed by atoms with Crippen molar-refractivity contribution in [3.05, 3.63) is 15.6 Å². The highest BCUT2D eigenvalue weighted by atomic mass is 32.1. The third-order valence-electron chi connectivity index (χ3n) is 3.10. The average Bonchev–Trinajstić information content (AvgIpc) is 2.61. The molecule has 1 aromatic heterocycles. The van der Waals surface area contributed by atoms with E-state index in [4.69, 9.17) is 10.7 Å². The van der Waals surface area contributed by atoms with E-state index in [1.54, 1.807) is 0 Å². The maximum atomic E-state index is 6.31. The summed E-state index contributed by atoms with van der Waals surface area (Å²) >= 11 is 1.85. The molecule has 0 aliphatic heterocycles. The zero-order valence-corrected chi connectivity index (χ0v) is 10.5. The van der Waals surface area contributed by atoms with Gasteiger partial charge in [0.05, 0.1) is 11.2 Å². The number of rotatable bonds is 3. The molecule has 1 aromatic rings. The molecule has 84 valence electrons. The van der Waals surface area contributed by atoms with E-state index in [1.807, 2.05) is 11.3 Å². The van der Waals surface area contributed by atoms with Gasteiger partial charge in [-0.15, -0.1) is 11.3 Å². The predicted octanol–water partition coefficient (Wildman–Crippen LogP) is 3.00. The van der Waals surface area contributed by atoms with Crippen LogP contribution in [0.4, 0.5) is 0 Å². The van der Waals surface area contributed by atoms with E-state index in [2.05, 4.69) is 13.8 Å². The lowest BCUT2D eigenvalue weighted by Crippen LogP contribution is -2.32. The Balaban J connectivity index is 2.25. The number of nitrogens with two attached hydrogens (primary N) is 1. The first-order valence-electron chi connectivity index (χ1n) is 5.91. The van der Waals surface area contributed by atoms with Gasteiger partial charge in [0.1, 0.15) is 5.01 Å². The molecule has 0 radical (unpaired) electrons. The molecule has 1 aliphatic rings. The SMILES string of the molecule is CCCC(C)(N)c1nc2c(s1)CCCC2. The number of hydrogen-bond acceptors (Lipinski definition) is 3. The minimum Gasteiger partial charge on any atom is -0.320 e. The Morgan fingerprint density at radius 3 is 2.80 bits per heavy atom. The molecule has 1 aliphatic carbocycles. The summed E-state index contributed by atoms with van der Waals surface area (Å²) in [5.41, 5.74) is 7.42. The number of fused-ring (bicyclic) bond motifs is 1. The standard InChI is InChI=1S/C12H20N2S/c1-3-8-12(2,13)11-14-9-6-4-5-7-10(9)15-11/h3-8,13H2,1-2H3. The second kappa shape index (κ2) is 4.22. The quantitative estimate of drug-likeness (QED) is 0.857. The molecule has 2 N–H and O–H groups in total. The van der Waals surface area contributed by atoms with E-state index in [-0.39, 0.29) is 5.54 Å². The van der Waals surface area contributed by atoms with Crippen molar-refractivity contribution in [1.29, 1.82) is 0 Å². The van der Waals surface area contributed by atoms with Crippen LogP contribution in [0.3, 0.4) is 0 Å². The van der Waals surface area contributed by atoms with Gasteiger partial charge in [0, 0.05) is 4.88 Å². The molecule has 1 atom stereocenters. The van der Waals surface area contributed by atoms with Crippen molar-refractivity contribution in [3.8, 4) is 0 Å². The highest BCUT2D eigenvalue weighted by Crippen LogP contribution is 2.33. The molecule has 0 bridgehead atoms. The van der Waals surface area contributed by atoms with Crippen LogP contribution in [0.25, 0.3) is 0 Å². The summed E-state index contributed by atoms with van der Waals surface area (Å²) in [5.74, 6) is 0. The Hall–Kier alpha value is -0.410. The van der Waals surface area contributed by atoms with Crippen LogP contribution in [0.5, 0.6) is 0 Å². The maximum absolute atomic E-state index is 6.31. The predicted molar refractivity (Wildman–Crippen MR) is 65.2 cm³/mol. The van der Waals surface area contributed by atoms with Gasteiger partial charge >= 0.3 is 0 Å². The molecule has 2 rings (SSSR count). The Labute approximate surface area is 95.9 Å². The van der Waals surface area contributed by atoms with Gasteiger partial charge in [-0.3, -0.25) is 0 Å². The van der Waals surface area contributed by atoms with Gasteiger partial charge in [-0.25, -0.2) is 4.98 Å². The third-order valence-corrected chi connectivity index (χ3v) is 4.54. The highest BCUT2D eigenvalue weighted by molar-refractivity contribution is 7.11. The summed E-state index contributed by atoms with van der Waals surface area (Å²) in [6.07, 6.45) is 7.15. The van der Waals surface area contributed by atoms with Crippen LogP contribution in [-0.4, -0.2) is 4.98 Å². The third kappa shape index (κ3) is 2.23. The molecule has 0 aromatic carbocycles. The molecule has 15 heavy (non-hydrogen) atoms. The van der Waals surface area contributed by atoms with Crippen LogP contribution in [-0.2, 0) is 18.4 Å². The molecule has 1 heterocycles. The van der Waals surface area contributed by atoms with Crippen LogP contribution in [0.1, 0.15) is 55.1 Å². The molecular formula is C12H20N2S. The monoisotopic (exact) mass is 224 g/mol. The van der Waals surface area contributed by atoms with Crippen molar-refractivity contribution in [1.82, 2.24) is 4.98 Å². The first-order chi connectivity index (χ1) is 7.13. The lowest BCUT2D eigenvalue weighted by molar-refractivity contribution is 0.443. The summed E-state index contributed by atoms with van der Waals surface area (Å²) in [4.78, 5) is 6.22. The van der Waals surface area contributed by atoms with E-state index in [0.29, 0.717) is 0 Å². The zero-order valence-electron chi connectivity index (χ0n) is 9.68. The van der Waals surface area contributed by atoms with Crippen molar-refractivity contribution < 1.29 is 0 Å². The molecular weight excluding hydrogens is 204 g/mol. The van der Waals surface area contributed by atoms with Gasteiger partial charge in [0.15, 0.2) is 0 Å². The number of aromatic nitrogens is 1. The Morgan fingerprint density at radius 2 is 2.13 bits per heavy atom. The minimum absolute atomic E-state index is 0.212. The first kappa shape index (κ1) is 11.1. The summed E-state index contributed by atoms with van der Waals surface area (Å²) < 4.78 is 0. The van der Waals surface area contributed by atoms with Gasteiger partial charge in [0.2, 0.25) is 0 Å². The Kier molecular flexibility index (Phi) is 3.12. The van der Waals surface area contributed by atoms with Crippen molar-refractivity contribution in [2.75, 3.05) is 0 Å². The fourth-order valence-electron chi connectivity index (χ4n) is 2.22. The number of nitrogens with zero attached hydrogens (tertiary/aromatic N) is 1. The summed E-state index contributed by atoms with van der Waals surface area (Å²) in [6.45, 7) is 4.29. The Morgan fingerprint density at radius 1 is 1.40 bits per heavy atom. The summed E-state index contributed by atoms with van der Waals surface area (Å²) in [6, 6.07) is 0. The highest BCUT2D eigenvalue weighted by Gasteiger charge is 2.26. The average molecular weight is 224 g/mol. The molecule has 1 unspecified atom stereocenters. The second-order valence-corrected chi connectivity index (χ2v) is 5.85. The largest absolute Gasteiger partial charge is 0.320 e. The lowest BCUT2D eigenvalue weighted by atomic mass is 9.98. The van der Waals surface area contributed by atoms with E-state index in [9.17, 15) is 0 Å². The lowest BCUT2D eigenvalue weighted by Gasteiger charge is -2.20. The van der Waals surface area contributed by atoms with Crippen molar-refractivity contribution in [3.63, 3.8) is 0 Å². The number of hydrogen-bond donors (Lipinski definition) is 1. The van der Waals surface area contributed by atoms with Gasteiger partial charge in [-0.1, -0.05) is 13.3 Å². The normalized spacial score (nSPS) is 19.7. The molecule has 0 amide bonds. The Bertz CT molecular complexity index is 318. The van der Waals surface area contributed by atoms with E-state index < -0.39 is 0 Å². The number of aryl methyl sites for hydroxylation is 2. The van der Waals surface area contributed by atoms with Gasteiger partial charge in [-0.05, 0) is 39.0 Å². The van der Waals surface area contributed by atoms with Crippen LogP contribution < -0.4 is 5.73 Å². The van der Waals surface area contributed by atoms with Gasteiger partial charge < -0.3 is 5.73 Å². The fourth-order valence-corrected chi connectivity index (χ4v) is 3.46. The summed E-state index contributed by atoms with van der Waals surface area (Å²) in [5, 5.41) is 1.15. The molecule has 0 saturated carbocycles. The van der Waals surface area contributed by atoms with Crippen LogP contribution >= 0.6 is 11.3 Å². The summed E-state index contributed by atoms with van der Waals surface area (Å²) in [7, 11) is 0. The molecule has 2 nitrogen and oxygen atoms in total. The van der Waals surface area contributed by atoms with E-state index in [0.717, 1.165) is 24.3 Å². The van der Waals surface area contributed by atoms with Gasteiger partial charge in [0.25, 0.3) is 0 Å². The van der Waals surface area contributed by atoms with E-state index >= 15 is 0 Å². The first-order valence-corrected chi connectivity index (χ1v) is 6.73. The topological polar surface area (TPSA) is 38.9 Å². The maximum Gasteiger partial charge on any atom is 0.113 e. The van der Waals surface area contributed by atoms with Crippen LogP contribution in [0.2, 0.25) is 0 Å². The molecule has 0 fully saturated rings. The van der Waals surface area contributed by atoms with Crippen molar-refractivity contribution in [2.24, 2.45) is 5.73 Å².